The molecule has 0 fully saturated rings. The lowest BCUT2D eigenvalue weighted by molar-refractivity contribution is -0.162. The normalized spacial score (nSPS) is 13.6. The van der Waals surface area contributed by atoms with Crippen molar-refractivity contribution in [3.63, 3.8) is 0 Å². The van der Waals surface area contributed by atoms with Gasteiger partial charge in [0.15, 0.2) is 5.41 Å². The molecule has 5 heteroatoms. The van der Waals surface area contributed by atoms with Crippen LogP contribution in [0.15, 0.2) is 24.3 Å². The molecule has 1 atom stereocenters. The first-order valence-corrected chi connectivity index (χ1v) is 6.65. The smallest absolute Gasteiger partial charge is 0.328 e. The maximum Gasteiger partial charge on any atom is 0.328 e. The molecule has 0 radical (unpaired) electrons. The number of hydrogen-bond acceptors (Lipinski definition) is 3. The SMILES string of the molecule is CCCCC(C(=O)O)(C(=O)OCC)c1cccc(F)c1. The average molecular weight is 282 g/mol. The number of halogens is 1. The summed E-state index contributed by atoms with van der Waals surface area (Å²) in [5.74, 6) is -2.73. The van der Waals surface area contributed by atoms with Gasteiger partial charge in [-0.2, -0.15) is 0 Å². The number of esters is 1. The third-order valence-electron chi connectivity index (χ3n) is 3.21. The van der Waals surface area contributed by atoms with Crippen molar-refractivity contribution in [3.05, 3.63) is 35.6 Å². The third-order valence-corrected chi connectivity index (χ3v) is 3.21. The van der Waals surface area contributed by atoms with Gasteiger partial charge in [-0.1, -0.05) is 31.9 Å². The highest BCUT2D eigenvalue weighted by atomic mass is 19.1. The summed E-state index contributed by atoms with van der Waals surface area (Å²) in [6.45, 7) is 3.58. The van der Waals surface area contributed by atoms with E-state index in [1.165, 1.54) is 18.2 Å². The molecular formula is C15H19FO4. The number of carboxylic acid groups (broad SMARTS) is 1. The highest BCUT2D eigenvalue weighted by Crippen LogP contribution is 2.32. The van der Waals surface area contributed by atoms with Crippen molar-refractivity contribution < 1.29 is 23.8 Å². The van der Waals surface area contributed by atoms with Crippen molar-refractivity contribution in [1.82, 2.24) is 0 Å². The first-order valence-electron chi connectivity index (χ1n) is 6.65. The standard InChI is InChI=1S/C15H19FO4/c1-3-5-9-15(13(17)18,14(19)20-4-2)11-7-6-8-12(16)10-11/h6-8,10H,3-5,9H2,1-2H3,(H,17,18). The van der Waals surface area contributed by atoms with E-state index in [1.54, 1.807) is 6.92 Å². The molecule has 1 aromatic carbocycles. The molecule has 0 amide bonds. The van der Waals surface area contributed by atoms with Crippen LogP contribution in [0.4, 0.5) is 4.39 Å². The number of carbonyl (C=O) groups excluding carboxylic acids is 1. The van der Waals surface area contributed by atoms with E-state index in [-0.39, 0.29) is 18.6 Å². The van der Waals surface area contributed by atoms with Crippen molar-refractivity contribution >= 4 is 11.9 Å². The Hall–Kier alpha value is -1.91. The molecule has 1 N–H and O–H groups in total. The van der Waals surface area contributed by atoms with Gasteiger partial charge in [-0.15, -0.1) is 0 Å². The van der Waals surface area contributed by atoms with Crippen molar-refractivity contribution in [3.8, 4) is 0 Å². The van der Waals surface area contributed by atoms with Gasteiger partial charge in [-0.25, -0.2) is 4.39 Å². The first kappa shape index (κ1) is 16.1. The van der Waals surface area contributed by atoms with Crippen molar-refractivity contribution in [2.75, 3.05) is 6.61 Å². The second kappa shape index (κ2) is 7.03. The van der Waals surface area contributed by atoms with Crippen molar-refractivity contribution in [1.29, 1.82) is 0 Å². The molecular weight excluding hydrogens is 263 g/mol. The largest absolute Gasteiger partial charge is 0.480 e. The number of aliphatic carboxylic acids is 1. The molecule has 1 rings (SSSR count). The van der Waals surface area contributed by atoms with Crippen LogP contribution >= 0.6 is 0 Å². The van der Waals surface area contributed by atoms with Crippen LogP contribution in [-0.2, 0) is 19.7 Å². The Bertz CT molecular complexity index is 487. The molecule has 0 aliphatic heterocycles. The number of hydrogen-bond donors (Lipinski definition) is 1. The van der Waals surface area contributed by atoms with E-state index < -0.39 is 23.2 Å². The van der Waals surface area contributed by atoms with Gasteiger partial charge in [-0.3, -0.25) is 9.59 Å². The quantitative estimate of drug-likeness (QED) is 0.617. The van der Waals surface area contributed by atoms with Gasteiger partial charge in [-0.05, 0) is 31.0 Å². The average Bonchev–Trinajstić information content (AvgIpc) is 2.39. The zero-order valence-electron chi connectivity index (χ0n) is 11.7. The van der Waals surface area contributed by atoms with Crippen LogP contribution in [0.3, 0.4) is 0 Å². The van der Waals surface area contributed by atoms with E-state index in [0.29, 0.717) is 6.42 Å². The van der Waals surface area contributed by atoms with E-state index >= 15 is 0 Å². The lowest BCUT2D eigenvalue weighted by Gasteiger charge is -2.27. The number of benzene rings is 1. The number of carboxylic acids is 1. The maximum atomic E-state index is 13.4. The summed E-state index contributed by atoms with van der Waals surface area (Å²) in [4.78, 5) is 23.9. The fourth-order valence-electron chi connectivity index (χ4n) is 2.13. The van der Waals surface area contributed by atoms with Gasteiger partial charge in [0.25, 0.3) is 0 Å². The molecule has 0 heterocycles. The maximum absolute atomic E-state index is 13.4. The van der Waals surface area contributed by atoms with Crippen LogP contribution in [0, 0.1) is 5.82 Å². The van der Waals surface area contributed by atoms with E-state index in [4.69, 9.17) is 4.74 Å². The molecule has 0 aliphatic rings. The van der Waals surface area contributed by atoms with Gasteiger partial charge in [0.2, 0.25) is 0 Å². The Morgan fingerprint density at radius 3 is 2.55 bits per heavy atom. The van der Waals surface area contributed by atoms with E-state index in [9.17, 15) is 19.1 Å². The van der Waals surface area contributed by atoms with Crippen LogP contribution in [0.5, 0.6) is 0 Å². The Balaban J connectivity index is 3.36. The Kier molecular flexibility index (Phi) is 5.67. The van der Waals surface area contributed by atoms with Gasteiger partial charge in [0.1, 0.15) is 5.82 Å². The van der Waals surface area contributed by atoms with Crippen LogP contribution in [-0.4, -0.2) is 23.7 Å². The number of carbonyl (C=O) groups is 2. The van der Waals surface area contributed by atoms with E-state index in [1.807, 2.05) is 6.92 Å². The zero-order chi connectivity index (χ0) is 15.2. The van der Waals surface area contributed by atoms with Crippen molar-refractivity contribution in [2.45, 2.75) is 38.5 Å². The molecule has 0 saturated carbocycles. The van der Waals surface area contributed by atoms with Gasteiger partial charge >= 0.3 is 11.9 Å². The summed E-state index contributed by atoms with van der Waals surface area (Å²) in [5, 5.41) is 9.57. The third kappa shape index (κ3) is 3.15. The second-order valence-electron chi connectivity index (χ2n) is 4.54. The Morgan fingerprint density at radius 2 is 2.05 bits per heavy atom. The molecule has 4 nitrogen and oxygen atoms in total. The van der Waals surface area contributed by atoms with Crippen molar-refractivity contribution in [2.24, 2.45) is 0 Å². The summed E-state index contributed by atoms with van der Waals surface area (Å²) < 4.78 is 18.3. The van der Waals surface area contributed by atoms with E-state index in [0.717, 1.165) is 12.5 Å². The monoisotopic (exact) mass is 282 g/mol. The Morgan fingerprint density at radius 1 is 1.35 bits per heavy atom. The van der Waals surface area contributed by atoms with Crippen LogP contribution in [0.1, 0.15) is 38.7 Å². The minimum absolute atomic E-state index is 0.0787. The fourth-order valence-corrected chi connectivity index (χ4v) is 2.13. The molecule has 1 aromatic rings. The highest BCUT2D eigenvalue weighted by Gasteiger charge is 2.48. The zero-order valence-corrected chi connectivity index (χ0v) is 11.7. The molecule has 0 saturated heterocycles. The van der Waals surface area contributed by atoms with E-state index in [2.05, 4.69) is 0 Å². The summed E-state index contributed by atoms with van der Waals surface area (Å²) in [5.41, 5.74) is -1.72. The van der Waals surface area contributed by atoms with Gasteiger partial charge < -0.3 is 9.84 Å². The minimum Gasteiger partial charge on any atom is -0.480 e. The van der Waals surface area contributed by atoms with Crippen LogP contribution in [0.2, 0.25) is 0 Å². The Labute approximate surface area is 117 Å². The predicted octanol–water partition coefficient (Wildman–Crippen LogP) is 2.90. The van der Waals surface area contributed by atoms with Crippen LogP contribution < -0.4 is 0 Å². The summed E-state index contributed by atoms with van der Waals surface area (Å²) in [7, 11) is 0. The molecule has 0 spiro atoms. The molecule has 0 bridgehead atoms. The number of ether oxygens (including phenoxy) is 1. The molecule has 0 aliphatic carbocycles. The predicted molar refractivity (Wildman–Crippen MR) is 71.9 cm³/mol. The summed E-state index contributed by atoms with van der Waals surface area (Å²) in [6, 6.07) is 5.14. The second-order valence-corrected chi connectivity index (χ2v) is 4.54. The molecule has 0 aromatic heterocycles. The lowest BCUT2D eigenvalue weighted by atomic mass is 9.76. The molecule has 110 valence electrons. The number of rotatable bonds is 7. The highest BCUT2D eigenvalue weighted by molar-refractivity contribution is 6.05. The first-order chi connectivity index (χ1) is 9.48. The minimum atomic E-state index is -1.84. The number of unbranched alkanes of at least 4 members (excludes halogenated alkanes) is 1. The summed E-state index contributed by atoms with van der Waals surface area (Å²) >= 11 is 0. The summed E-state index contributed by atoms with van der Waals surface area (Å²) in [6.07, 6.45) is 1.34. The lowest BCUT2D eigenvalue weighted by Crippen LogP contribution is -2.45. The topological polar surface area (TPSA) is 63.6 Å². The fraction of sp³-hybridized carbons (Fsp3) is 0.467. The van der Waals surface area contributed by atoms with Crippen LogP contribution in [0.25, 0.3) is 0 Å². The van der Waals surface area contributed by atoms with Gasteiger partial charge in [0.05, 0.1) is 6.61 Å². The molecule has 1 unspecified atom stereocenters. The molecule has 20 heavy (non-hydrogen) atoms. The van der Waals surface area contributed by atoms with Gasteiger partial charge in [0, 0.05) is 0 Å².